The second kappa shape index (κ2) is 9.34. The van der Waals surface area contributed by atoms with Gasteiger partial charge in [-0.05, 0) is 37.2 Å². The first kappa shape index (κ1) is 19.1. The number of hydrogen-bond donors (Lipinski definition) is 2. The third kappa shape index (κ3) is 5.69. The number of amides is 3. The van der Waals surface area contributed by atoms with Gasteiger partial charge >= 0.3 is 6.03 Å². The lowest BCUT2D eigenvalue weighted by atomic mass is 10.0. The van der Waals surface area contributed by atoms with Gasteiger partial charge in [0.25, 0.3) is 0 Å². The highest BCUT2D eigenvalue weighted by atomic mass is 79.9. The van der Waals surface area contributed by atoms with Crippen LogP contribution >= 0.6 is 15.9 Å². The van der Waals surface area contributed by atoms with E-state index in [4.69, 9.17) is 0 Å². The van der Waals surface area contributed by atoms with Crippen molar-refractivity contribution < 1.29 is 9.59 Å². The predicted octanol–water partition coefficient (Wildman–Crippen LogP) is 3.47. The second-order valence-corrected chi connectivity index (χ2v) is 6.62. The van der Waals surface area contributed by atoms with Gasteiger partial charge in [0.05, 0.1) is 0 Å². The van der Waals surface area contributed by atoms with Gasteiger partial charge in [-0.15, -0.1) is 0 Å². The Kier molecular flexibility index (Phi) is 7.16. The highest BCUT2D eigenvalue weighted by Gasteiger charge is 2.26. The van der Waals surface area contributed by atoms with Crippen LogP contribution in [-0.2, 0) is 11.3 Å². The Morgan fingerprint density at radius 3 is 2.32 bits per heavy atom. The van der Waals surface area contributed by atoms with Crippen molar-refractivity contribution in [2.45, 2.75) is 19.5 Å². The fourth-order valence-corrected chi connectivity index (χ4v) is 2.86. The lowest BCUT2D eigenvalue weighted by molar-refractivity contribution is -0.125. The Morgan fingerprint density at radius 1 is 1.08 bits per heavy atom. The molecule has 0 aliphatic carbocycles. The molecule has 0 saturated carbocycles. The molecule has 6 heteroatoms. The van der Waals surface area contributed by atoms with Gasteiger partial charge in [-0.3, -0.25) is 15.0 Å². The molecule has 2 rings (SSSR count). The van der Waals surface area contributed by atoms with Crippen LogP contribution in [0.1, 0.15) is 24.1 Å². The van der Waals surface area contributed by atoms with Crippen molar-refractivity contribution in [3.63, 3.8) is 0 Å². The summed E-state index contributed by atoms with van der Waals surface area (Å²) >= 11 is 3.42. The average molecular weight is 404 g/mol. The summed E-state index contributed by atoms with van der Waals surface area (Å²) in [5.74, 6) is -0.350. The maximum atomic E-state index is 12.7. The zero-order valence-electron chi connectivity index (χ0n) is 14.3. The van der Waals surface area contributed by atoms with Crippen molar-refractivity contribution in [3.05, 3.63) is 70.2 Å². The van der Waals surface area contributed by atoms with E-state index in [-0.39, 0.29) is 5.91 Å². The molecule has 0 spiro atoms. The quantitative estimate of drug-likeness (QED) is 0.775. The van der Waals surface area contributed by atoms with Crippen molar-refractivity contribution in [2.75, 3.05) is 13.6 Å². The maximum Gasteiger partial charge on any atom is 0.321 e. The van der Waals surface area contributed by atoms with Crippen LogP contribution in [0.25, 0.3) is 0 Å². The summed E-state index contributed by atoms with van der Waals surface area (Å²) in [5, 5.41) is 5.00. The standard InChI is InChI=1S/C19H22BrN3O2/c1-3-21-19(25)22-18(24)17(15-7-5-4-6-8-15)23(2)13-14-9-11-16(20)12-10-14/h4-12,17H,3,13H2,1-2H3,(H2,21,22,24,25)/t17-/m0/s1. The van der Waals surface area contributed by atoms with Crippen molar-refractivity contribution in [1.82, 2.24) is 15.5 Å². The number of benzene rings is 2. The molecular formula is C19H22BrN3O2. The van der Waals surface area contributed by atoms with Crippen molar-refractivity contribution >= 4 is 27.9 Å². The molecule has 25 heavy (non-hydrogen) atoms. The Morgan fingerprint density at radius 2 is 1.72 bits per heavy atom. The van der Waals surface area contributed by atoms with Crippen molar-refractivity contribution in [1.29, 1.82) is 0 Å². The molecule has 0 bridgehead atoms. The van der Waals surface area contributed by atoms with Crippen LogP contribution < -0.4 is 10.6 Å². The Labute approximate surface area is 156 Å². The van der Waals surface area contributed by atoms with Gasteiger partial charge in [0.1, 0.15) is 6.04 Å². The molecule has 1 atom stereocenters. The molecule has 132 valence electrons. The maximum absolute atomic E-state index is 12.7. The lowest BCUT2D eigenvalue weighted by Gasteiger charge is -2.27. The fourth-order valence-electron chi connectivity index (χ4n) is 2.60. The summed E-state index contributed by atoms with van der Waals surface area (Å²) in [6, 6.07) is 16.3. The first-order chi connectivity index (χ1) is 12.0. The zero-order chi connectivity index (χ0) is 18.2. The molecule has 2 aromatic carbocycles. The minimum atomic E-state index is -0.563. The zero-order valence-corrected chi connectivity index (χ0v) is 15.9. The van der Waals surface area contributed by atoms with E-state index in [2.05, 4.69) is 26.6 Å². The first-order valence-corrected chi connectivity index (χ1v) is 8.89. The Hall–Kier alpha value is -2.18. The van der Waals surface area contributed by atoms with E-state index in [0.717, 1.165) is 15.6 Å². The van der Waals surface area contributed by atoms with Crippen LogP contribution in [0, 0.1) is 0 Å². The van der Waals surface area contributed by atoms with E-state index in [1.165, 1.54) is 0 Å². The van der Waals surface area contributed by atoms with Gasteiger partial charge in [0, 0.05) is 17.6 Å². The third-order valence-corrected chi connectivity index (χ3v) is 4.25. The van der Waals surface area contributed by atoms with Gasteiger partial charge in [-0.1, -0.05) is 58.4 Å². The van der Waals surface area contributed by atoms with Crippen molar-refractivity contribution in [2.24, 2.45) is 0 Å². The number of urea groups is 1. The van der Waals surface area contributed by atoms with Gasteiger partial charge < -0.3 is 5.32 Å². The molecule has 0 radical (unpaired) electrons. The molecule has 0 unspecified atom stereocenters. The molecule has 0 aliphatic rings. The minimum absolute atomic E-state index is 0.350. The van der Waals surface area contributed by atoms with E-state index in [1.54, 1.807) is 6.92 Å². The van der Waals surface area contributed by atoms with Gasteiger partial charge in [-0.2, -0.15) is 0 Å². The number of halogens is 1. The summed E-state index contributed by atoms with van der Waals surface area (Å²) in [6.45, 7) is 2.85. The van der Waals surface area contributed by atoms with E-state index < -0.39 is 12.1 Å². The summed E-state index contributed by atoms with van der Waals surface area (Å²) < 4.78 is 1.01. The number of carbonyl (C=O) groups excluding carboxylic acids is 2. The monoisotopic (exact) mass is 403 g/mol. The van der Waals surface area contributed by atoms with Crippen molar-refractivity contribution in [3.8, 4) is 0 Å². The van der Waals surface area contributed by atoms with E-state index >= 15 is 0 Å². The number of imide groups is 1. The van der Waals surface area contributed by atoms with E-state index in [1.807, 2.05) is 66.5 Å². The normalized spacial score (nSPS) is 11.8. The molecule has 0 saturated heterocycles. The Balaban J connectivity index is 2.20. The van der Waals surface area contributed by atoms with Gasteiger partial charge in [-0.25, -0.2) is 4.79 Å². The van der Waals surface area contributed by atoms with E-state index in [9.17, 15) is 9.59 Å². The van der Waals surface area contributed by atoms with Crippen LogP contribution in [0.2, 0.25) is 0 Å². The summed E-state index contributed by atoms with van der Waals surface area (Å²) in [4.78, 5) is 26.4. The van der Waals surface area contributed by atoms with Crippen LogP contribution in [0.4, 0.5) is 4.79 Å². The molecule has 0 fully saturated rings. The average Bonchev–Trinajstić information content (AvgIpc) is 2.58. The topological polar surface area (TPSA) is 61.4 Å². The number of nitrogens with one attached hydrogen (secondary N) is 2. The number of likely N-dealkylation sites (N-methyl/N-ethyl adjacent to an activating group) is 1. The SMILES string of the molecule is CCNC(=O)NC(=O)[C@H](c1ccccc1)N(C)Cc1ccc(Br)cc1. The smallest absolute Gasteiger partial charge is 0.321 e. The molecular weight excluding hydrogens is 382 g/mol. The molecule has 0 heterocycles. The Bertz CT molecular complexity index is 704. The van der Waals surface area contributed by atoms with Crippen LogP contribution in [0.5, 0.6) is 0 Å². The van der Waals surface area contributed by atoms with Gasteiger partial charge in [0.15, 0.2) is 0 Å². The molecule has 2 aromatic rings. The highest BCUT2D eigenvalue weighted by Crippen LogP contribution is 2.22. The molecule has 2 N–H and O–H groups in total. The first-order valence-electron chi connectivity index (χ1n) is 8.09. The summed E-state index contributed by atoms with van der Waals surface area (Å²) in [6.07, 6.45) is 0. The minimum Gasteiger partial charge on any atom is -0.338 e. The van der Waals surface area contributed by atoms with Crippen LogP contribution in [0.3, 0.4) is 0 Å². The third-order valence-electron chi connectivity index (χ3n) is 3.72. The number of nitrogens with zero attached hydrogens (tertiary/aromatic N) is 1. The largest absolute Gasteiger partial charge is 0.338 e. The number of rotatable bonds is 6. The van der Waals surface area contributed by atoms with E-state index in [0.29, 0.717) is 13.1 Å². The lowest BCUT2D eigenvalue weighted by Crippen LogP contribution is -2.45. The predicted molar refractivity (Wildman–Crippen MR) is 102 cm³/mol. The van der Waals surface area contributed by atoms with Gasteiger partial charge in [0.2, 0.25) is 5.91 Å². The summed E-state index contributed by atoms with van der Waals surface area (Å²) in [7, 11) is 1.87. The highest BCUT2D eigenvalue weighted by molar-refractivity contribution is 9.10. The molecule has 0 aromatic heterocycles. The fraction of sp³-hybridized carbons (Fsp3) is 0.263. The molecule has 3 amide bonds. The van der Waals surface area contributed by atoms with Crippen LogP contribution in [0.15, 0.2) is 59.1 Å². The van der Waals surface area contributed by atoms with Crippen LogP contribution in [-0.4, -0.2) is 30.4 Å². The molecule has 5 nitrogen and oxygen atoms in total. The second-order valence-electron chi connectivity index (χ2n) is 5.70. The number of hydrogen-bond acceptors (Lipinski definition) is 3. The number of carbonyl (C=O) groups is 2. The molecule has 0 aliphatic heterocycles. The summed E-state index contributed by atoms with van der Waals surface area (Å²) in [5.41, 5.74) is 1.92.